The van der Waals surface area contributed by atoms with Crippen molar-refractivity contribution in [3.05, 3.63) is 35.4 Å². The van der Waals surface area contributed by atoms with E-state index in [9.17, 15) is 26.7 Å². The third kappa shape index (κ3) is 3.73. The second kappa shape index (κ2) is 5.83. The van der Waals surface area contributed by atoms with E-state index in [2.05, 4.69) is 10.6 Å². The van der Waals surface area contributed by atoms with Crippen molar-refractivity contribution in [2.24, 2.45) is 0 Å². The minimum absolute atomic E-state index is 0.104. The van der Waals surface area contributed by atoms with Gasteiger partial charge >= 0.3 is 6.18 Å². The number of alkyl halides is 5. The molecule has 0 radical (unpaired) electrons. The highest BCUT2D eigenvalue weighted by molar-refractivity contribution is 5.82. The van der Waals surface area contributed by atoms with E-state index in [-0.39, 0.29) is 5.56 Å². The van der Waals surface area contributed by atoms with Gasteiger partial charge in [0.2, 0.25) is 5.91 Å². The number of nitrogens with one attached hydrogen (secondary N) is 2. The molecule has 22 heavy (non-hydrogen) atoms. The monoisotopic (exact) mass is 322 g/mol. The predicted molar refractivity (Wildman–Crippen MR) is 69.4 cm³/mol. The molecule has 2 unspecified atom stereocenters. The van der Waals surface area contributed by atoms with E-state index in [1.807, 2.05) is 0 Å². The average molecular weight is 322 g/mol. The molecule has 1 amide bonds. The van der Waals surface area contributed by atoms with Crippen LogP contribution in [-0.4, -0.2) is 24.4 Å². The van der Waals surface area contributed by atoms with Gasteiger partial charge in [0.1, 0.15) is 0 Å². The van der Waals surface area contributed by atoms with E-state index in [1.54, 1.807) is 0 Å². The third-order valence-electron chi connectivity index (χ3n) is 3.52. The number of benzene rings is 1. The maximum atomic E-state index is 13.0. The molecule has 2 atom stereocenters. The van der Waals surface area contributed by atoms with Gasteiger partial charge in [-0.05, 0) is 18.6 Å². The zero-order valence-corrected chi connectivity index (χ0v) is 11.7. The van der Waals surface area contributed by atoms with Gasteiger partial charge in [-0.25, -0.2) is 8.78 Å². The first kappa shape index (κ1) is 16.7. The van der Waals surface area contributed by atoms with Gasteiger partial charge in [0.05, 0.1) is 24.2 Å². The van der Waals surface area contributed by atoms with E-state index in [0.717, 1.165) is 6.07 Å². The fourth-order valence-electron chi connectivity index (χ4n) is 2.43. The maximum absolute atomic E-state index is 13.0. The van der Waals surface area contributed by atoms with Crippen molar-refractivity contribution < 1.29 is 26.7 Å². The molecule has 2 rings (SSSR count). The number of carbonyl (C=O) groups is 1. The van der Waals surface area contributed by atoms with Crippen LogP contribution in [0.1, 0.15) is 30.5 Å². The van der Waals surface area contributed by atoms with Gasteiger partial charge in [0, 0.05) is 6.42 Å². The number of halogens is 5. The summed E-state index contributed by atoms with van der Waals surface area (Å²) in [6.45, 7) is 0.772. The van der Waals surface area contributed by atoms with E-state index in [0.29, 0.717) is 0 Å². The molecule has 1 saturated heterocycles. The molecule has 2 N–H and O–H groups in total. The fraction of sp³-hybridized carbons (Fsp3) is 0.500. The molecule has 1 aromatic rings. The lowest BCUT2D eigenvalue weighted by atomic mass is 10.0. The van der Waals surface area contributed by atoms with Crippen LogP contribution >= 0.6 is 0 Å². The van der Waals surface area contributed by atoms with E-state index >= 15 is 0 Å². The first-order valence-electron chi connectivity index (χ1n) is 6.68. The Morgan fingerprint density at radius 1 is 1.36 bits per heavy atom. The van der Waals surface area contributed by atoms with E-state index in [1.165, 1.54) is 25.1 Å². The molecule has 0 spiro atoms. The van der Waals surface area contributed by atoms with Crippen LogP contribution in [0.25, 0.3) is 0 Å². The summed E-state index contributed by atoms with van der Waals surface area (Å²) >= 11 is 0. The smallest absolute Gasteiger partial charge is 0.348 e. The van der Waals surface area contributed by atoms with Crippen molar-refractivity contribution in [3.8, 4) is 0 Å². The van der Waals surface area contributed by atoms with Crippen LogP contribution in [-0.2, 0) is 11.0 Å². The normalized spacial score (nSPS) is 22.4. The molecular weight excluding hydrogens is 307 g/mol. The summed E-state index contributed by atoms with van der Waals surface area (Å²) in [5, 5.41) is 4.72. The van der Waals surface area contributed by atoms with Crippen LogP contribution in [0, 0.1) is 0 Å². The average Bonchev–Trinajstić information content (AvgIpc) is 2.78. The zero-order chi connectivity index (χ0) is 16.5. The van der Waals surface area contributed by atoms with Gasteiger partial charge in [-0.3, -0.25) is 10.1 Å². The SMILES string of the molecule is CC(NC(=O)C1CC(F)(F)CN1)c1ccccc1C(F)(F)F. The molecule has 1 fully saturated rings. The van der Waals surface area contributed by atoms with E-state index < -0.39 is 48.6 Å². The fourth-order valence-corrected chi connectivity index (χ4v) is 2.43. The van der Waals surface area contributed by atoms with Gasteiger partial charge in [0.15, 0.2) is 0 Å². The molecule has 3 nitrogen and oxygen atoms in total. The molecule has 1 aromatic carbocycles. The lowest BCUT2D eigenvalue weighted by molar-refractivity contribution is -0.138. The second-order valence-electron chi connectivity index (χ2n) is 5.31. The molecular formula is C14H15F5N2O. The summed E-state index contributed by atoms with van der Waals surface area (Å²) < 4.78 is 64.9. The Morgan fingerprint density at radius 3 is 2.55 bits per heavy atom. The van der Waals surface area contributed by atoms with Gasteiger partial charge < -0.3 is 5.32 Å². The minimum Gasteiger partial charge on any atom is -0.348 e. The number of hydrogen-bond acceptors (Lipinski definition) is 2. The molecule has 0 aliphatic carbocycles. The molecule has 122 valence electrons. The molecule has 0 saturated carbocycles. The summed E-state index contributed by atoms with van der Waals surface area (Å²) in [4.78, 5) is 11.9. The van der Waals surface area contributed by atoms with Crippen LogP contribution < -0.4 is 10.6 Å². The minimum atomic E-state index is -4.55. The van der Waals surface area contributed by atoms with E-state index in [4.69, 9.17) is 0 Å². The molecule has 0 bridgehead atoms. The highest BCUT2D eigenvalue weighted by Crippen LogP contribution is 2.34. The predicted octanol–water partition coefficient (Wildman–Crippen LogP) is 2.88. The Hall–Kier alpha value is -1.70. The lowest BCUT2D eigenvalue weighted by Gasteiger charge is -2.21. The summed E-state index contributed by atoms with van der Waals surface area (Å²) in [6.07, 6.45) is -5.21. The number of rotatable bonds is 3. The second-order valence-corrected chi connectivity index (χ2v) is 5.31. The quantitative estimate of drug-likeness (QED) is 0.840. The van der Waals surface area contributed by atoms with Crippen LogP contribution in [0.3, 0.4) is 0 Å². The van der Waals surface area contributed by atoms with Crippen molar-refractivity contribution in [3.63, 3.8) is 0 Å². The maximum Gasteiger partial charge on any atom is 0.416 e. The Bertz CT molecular complexity index is 558. The number of carbonyl (C=O) groups excluding carboxylic acids is 1. The van der Waals surface area contributed by atoms with Crippen molar-refractivity contribution in [2.75, 3.05) is 6.54 Å². The Labute approximate surface area is 123 Å². The van der Waals surface area contributed by atoms with Crippen LogP contribution in [0.2, 0.25) is 0 Å². The highest BCUT2D eigenvalue weighted by atomic mass is 19.4. The van der Waals surface area contributed by atoms with Crippen LogP contribution in [0.15, 0.2) is 24.3 Å². The van der Waals surface area contributed by atoms with Crippen molar-refractivity contribution >= 4 is 5.91 Å². The highest BCUT2D eigenvalue weighted by Gasteiger charge is 2.42. The lowest BCUT2D eigenvalue weighted by Crippen LogP contribution is -2.41. The standard InChI is InChI=1S/C14H15F5N2O/c1-8(9-4-2-3-5-10(9)14(17,18)19)21-12(22)11-6-13(15,16)7-20-11/h2-5,8,11,20H,6-7H2,1H3,(H,21,22). The van der Waals surface area contributed by atoms with Crippen LogP contribution in [0.4, 0.5) is 22.0 Å². The van der Waals surface area contributed by atoms with Crippen molar-refractivity contribution in [1.29, 1.82) is 0 Å². The summed E-state index contributed by atoms with van der Waals surface area (Å²) in [5.74, 6) is -3.71. The zero-order valence-electron chi connectivity index (χ0n) is 11.7. The number of hydrogen-bond donors (Lipinski definition) is 2. The Balaban J connectivity index is 2.10. The van der Waals surface area contributed by atoms with Gasteiger partial charge in [-0.1, -0.05) is 18.2 Å². The number of amides is 1. The third-order valence-corrected chi connectivity index (χ3v) is 3.52. The molecule has 1 aliphatic heterocycles. The van der Waals surface area contributed by atoms with Crippen molar-refractivity contribution in [2.45, 2.75) is 37.5 Å². The first-order chi connectivity index (χ1) is 10.1. The Morgan fingerprint density at radius 2 is 2.00 bits per heavy atom. The van der Waals surface area contributed by atoms with Crippen LogP contribution in [0.5, 0.6) is 0 Å². The van der Waals surface area contributed by atoms with Gasteiger partial charge in [-0.2, -0.15) is 13.2 Å². The van der Waals surface area contributed by atoms with Gasteiger partial charge in [-0.15, -0.1) is 0 Å². The summed E-state index contributed by atoms with van der Waals surface area (Å²) in [7, 11) is 0. The first-order valence-corrected chi connectivity index (χ1v) is 6.68. The molecule has 8 heteroatoms. The van der Waals surface area contributed by atoms with Gasteiger partial charge in [0.25, 0.3) is 5.92 Å². The molecule has 1 heterocycles. The topological polar surface area (TPSA) is 41.1 Å². The largest absolute Gasteiger partial charge is 0.416 e. The summed E-state index contributed by atoms with van der Waals surface area (Å²) in [6, 6.07) is 2.80. The molecule has 0 aromatic heterocycles. The Kier molecular flexibility index (Phi) is 4.42. The van der Waals surface area contributed by atoms with Crippen molar-refractivity contribution in [1.82, 2.24) is 10.6 Å². The summed E-state index contributed by atoms with van der Waals surface area (Å²) in [5.41, 5.74) is -0.958. The molecule has 1 aliphatic rings.